The molecule has 2 unspecified atom stereocenters. The number of hydrogen-bond acceptors (Lipinski definition) is 4. The van der Waals surface area contributed by atoms with E-state index in [1.54, 1.807) is 13.0 Å². The molecule has 0 spiro atoms. The summed E-state index contributed by atoms with van der Waals surface area (Å²) in [5.74, 6) is 0.451. The fourth-order valence-corrected chi connectivity index (χ4v) is 4.39. The second-order valence-corrected chi connectivity index (χ2v) is 7.28. The predicted octanol–water partition coefficient (Wildman–Crippen LogP) is 2.30. The summed E-state index contributed by atoms with van der Waals surface area (Å²) in [5.41, 5.74) is 0.839. The van der Waals surface area contributed by atoms with E-state index in [4.69, 9.17) is 4.74 Å². The third-order valence-electron chi connectivity index (χ3n) is 3.63. The molecule has 1 aromatic rings. The van der Waals surface area contributed by atoms with Crippen molar-refractivity contribution in [3.05, 3.63) is 23.8 Å². The first-order chi connectivity index (χ1) is 9.02. The highest BCUT2D eigenvalue weighted by Crippen LogP contribution is 2.41. The van der Waals surface area contributed by atoms with Gasteiger partial charge in [0.05, 0.1) is 12.4 Å². The zero-order valence-corrected chi connectivity index (χ0v) is 12.5. The maximum Gasteiger partial charge on any atom is 0.185 e. The van der Waals surface area contributed by atoms with E-state index >= 15 is 0 Å². The van der Waals surface area contributed by atoms with E-state index in [1.165, 1.54) is 7.11 Å². The molecule has 106 valence electrons. The second-order valence-electron chi connectivity index (χ2n) is 4.98. The maximum absolute atomic E-state index is 12.5. The number of fused-ring (bicyclic) bond motifs is 1. The summed E-state index contributed by atoms with van der Waals surface area (Å²) in [6.07, 6.45) is 1.64. The summed E-state index contributed by atoms with van der Waals surface area (Å²) in [5, 5.41) is 3.04. The van der Waals surface area contributed by atoms with Crippen molar-refractivity contribution in [2.45, 2.75) is 42.9 Å². The minimum Gasteiger partial charge on any atom is -0.495 e. The van der Waals surface area contributed by atoms with Gasteiger partial charge < -0.3 is 10.1 Å². The molecule has 5 heteroatoms. The van der Waals surface area contributed by atoms with Gasteiger partial charge in [0.1, 0.15) is 10.6 Å². The molecule has 0 aliphatic carbocycles. The average Bonchev–Trinajstić information content (AvgIpc) is 2.40. The van der Waals surface area contributed by atoms with Crippen LogP contribution in [0.15, 0.2) is 23.1 Å². The highest BCUT2D eigenvalue weighted by Gasteiger charge is 2.38. The minimum atomic E-state index is -3.29. The third kappa shape index (κ3) is 2.49. The van der Waals surface area contributed by atoms with Crippen LogP contribution in [0.25, 0.3) is 0 Å². The van der Waals surface area contributed by atoms with Crippen LogP contribution in [0.4, 0.5) is 0 Å². The van der Waals surface area contributed by atoms with Gasteiger partial charge in [-0.05, 0) is 37.9 Å². The van der Waals surface area contributed by atoms with Crippen LogP contribution >= 0.6 is 0 Å². The van der Waals surface area contributed by atoms with Crippen LogP contribution in [-0.4, -0.2) is 27.3 Å². The van der Waals surface area contributed by atoms with E-state index in [9.17, 15) is 8.42 Å². The lowest BCUT2D eigenvalue weighted by Crippen LogP contribution is -2.35. The van der Waals surface area contributed by atoms with Crippen LogP contribution in [0.2, 0.25) is 0 Å². The number of rotatable bonds is 4. The number of sulfone groups is 1. The molecule has 4 nitrogen and oxygen atoms in total. The van der Waals surface area contributed by atoms with Gasteiger partial charge in [0.25, 0.3) is 0 Å². The summed E-state index contributed by atoms with van der Waals surface area (Å²) in [6, 6.07) is 5.53. The van der Waals surface area contributed by atoms with Gasteiger partial charge in [-0.25, -0.2) is 8.42 Å². The summed E-state index contributed by atoms with van der Waals surface area (Å²) >= 11 is 0. The van der Waals surface area contributed by atoms with Crippen molar-refractivity contribution in [1.29, 1.82) is 0 Å². The molecular formula is C14H21NO3S. The van der Waals surface area contributed by atoms with Gasteiger partial charge >= 0.3 is 0 Å². The Labute approximate surface area is 115 Å². The van der Waals surface area contributed by atoms with E-state index in [0.717, 1.165) is 18.5 Å². The van der Waals surface area contributed by atoms with Crippen molar-refractivity contribution in [1.82, 2.24) is 5.32 Å². The Balaban J connectivity index is 2.54. The Morgan fingerprint density at radius 1 is 1.42 bits per heavy atom. The van der Waals surface area contributed by atoms with E-state index in [0.29, 0.717) is 17.1 Å². The van der Waals surface area contributed by atoms with Gasteiger partial charge in [0, 0.05) is 6.04 Å². The fraction of sp³-hybridized carbons (Fsp3) is 0.571. The van der Waals surface area contributed by atoms with Gasteiger partial charge in [0.15, 0.2) is 9.84 Å². The largest absolute Gasteiger partial charge is 0.495 e. The normalized spacial score (nSPS) is 24.8. The van der Waals surface area contributed by atoms with Crippen molar-refractivity contribution < 1.29 is 13.2 Å². The molecule has 1 aromatic carbocycles. The predicted molar refractivity (Wildman–Crippen MR) is 75.3 cm³/mol. The molecule has 2 rings (SSSR count). The number of ether oxygens (including phenoxy) is 1. The number of nitrogens with one attached hydrogen (secondary N) is 1. The highest BCUT2D eigenvalue weighted by molar-refractivity contribution is 7.92. The number of benzene rings is 1. The maximum atomic E-state index is 12.5. The molecule has 0 saturated carbocycles. The zero-order valence-electron chi connectivity index (χ0n) is 11.6. The van der Waals surface area contributed by atoms with Crippen LogP contribution in [0.5, 0.6) is 5.75 Å². The molecule has 0 radical (unpaired) electrons. The van der Waals surface area contributed by atoms with Crippen molar-refractivity contribution in [2.24, 2.45) is 0 Å². The molecule has 0 fully saturated rings. The molecule has 1 N–H and O–H groups in total. The molecule has 0 bridgehead atoms. The topological polar surface area (TPSA) is 55.4 Å². The SMILES string of the molecule is CCCNC1CC(C)S(=O)(=O)c2c(OC)cccc21. The second kappa shape index (κ2) is 5.51. The molecule has 0 aromatic heterocycles. The standard InChI is InChI=1S/C14H21NO3S/c1-4-8-15-12-9-10(2)19(16,17)14-11(12)6-5-7-13(14)18-3/h5-7,10,12,15H,4,8-9H2,1-3H3. The van der Waals surface area contributed by atoms with Gasteiger partial charge in [-0.2, -0.15) is 0 Å². The van der Waals surface area contributed by atoms with Crippen LogP contribution in [0.3, 0.4) is 0 Å². The van der Waals surface area contributed by atoms with Crippen molar-refractivity contribution in [3.8, 4) is 5.75 Å². The van der Waals surface area contributed by atoms with Crippen LogP contribution < -0.4 is 10.1 Å². The van der Waals surface area contributed by atoms with Crippen LogP contribution in [0, 0.1) is 0 Å². The summed E-state index contributed by atoms with van der Waals surface area (Å²) < 4.78 is 30.2. The lowest BCUT2D eigenvalue weighted by Gasteiger charge is -2.31. The van der Waals surface area contributed by atoms with Crippen molar-refractivity contribution in [3.63, 3.8) is 0 Å². The molecule has 1 heterocycles. The van der Waals surface area contributed by atoms with E-state index < -0.39 is 9.84 Å². The Bertz CT molecular complexity index is 554. The minimum absolute atomic E-state index is 0.0866. The first-order valence-electron chi connectivity index (χ1n) is 6.66. The molecule has 19 heavy (non-hydrogen) atoms. The number of methoxy groups -OCH3 is 1. The first kappa shape index (κ1) is 14.3. The summed E-state index contributed by atoms with van der Waals surface area (Å²) in [7, 11) is -1.77. The monoisotopic (exact) mass is 283 g/mol. The molecule has 0 amide bonds. The van der Waals surface area contributed by atoms with E-state index in [1.807, 2.05) is 12.1 Å². The fourth-order valence-electron chi connectivity index (χ4n) is 2.57. The first-order valence-corrected chi connectivity index (χ1v) is 8.21. The van der Waals surface area contributed by atoms with Crippen LogP contribution in [-0.2, 0) is 9.84 Å². The molecular weight excluding hydrogens is 262 g/mol. The summed E-state index contributed by atoms with van der Waals surface area (Å²) in [4.78, 5) is 0.366. The average molecular weight is 283 g/mol. The Morgan fingerprint density at radius 2 is 2.16 bits per heavy atom. The van der Waals surface area contributed by atoms with Crippen molar-refractivity contribution >= 4 is 9.84 Å². The molecule has 1 aliphatic rings. The Morgan fingerprint density at radius 3 is 2.79 bits per heavy atom. The highest BCUT2D eigenvalue weighted by atomic mass is 32.2. The molecule has 2 atom stereocenters. The Kier molecular flexibility index (Phi) is 4.16. The van der Waals surface area contributed by atoms with Gasteiger partial charge in [-0.1, -0.05) is 19.1 Å². The van der Waals surface area contributed by atoms with Crippen molar-refractivity contribution in [2.75, 3.05) is 13.7 Å². The molecule has 0 saturated heterocycles. The lowest BCUT2D eigenvalue weighted by atomic mass is 10.0. The van der Waals surface area contributed by atoms with E-state index in [-0.39, 0.29) is 11.3 Å². The smallest absolute Gasteiger partial charge is 0.185 e. The van der Waals surface area contributed by atoms with E-state index in [2.05, 4.69) is 12.2 Å². The lowest BCUT2D eigenvalue weighted by molar-refractivity contribution is 0.391. The van der Waals surface area contributed by atoms with Gasteiger partial charge in [-0.3, -0.25) is 0 Å². The summed E-state index contributed by atoms with van der Waals surface area (Å²) in [6.45, 7) is 4.75. The molecule has 1 aliphatic heterocycles. The van der Waals surface area contributed by atoms with Crippen LogP contribution in [0.1, 0.15) is 38.3 Å². The Hall–Kier alpha value is -1.07. The van der Waals surface area contributed by atoms with Gasteiger partial charge in [-0.15, -0.1) is 0 Å². The quantitative estimate of drug-likeness (QED) is 0.921. The number of hydrogen-bond donors (Lipinski definition) is 1. The zero-order chi connectivity index (χ0) is 14.0. The third-order valence-corrected chi connectivity index (χ3v) is 5.89. The van der Waals surface area contributed by atoms with Gasteiger partial charge in [0.2, 0.25) is 0 Å².